The first-order chi connectivity index (χ1) is 13.0. The van der Waals surface area contributed by atoms with Gasteiger partial charge in [-0.05, 0) is 24.9 Å². The van der Waals surface area contributed by atoms with Gasteiger partial charge in [-0.15, -0.1) is 0 Å². The first kappa shape index (κ1) is 20.3. The quantitative estimate of drug-likeness (QED) is 0.697. The number of piperazine rings is 1. The van der Waals surface area contributed by atoms with Gasteiger partial charge in [0.15, 0.2) is 9.84 Å². The second-order valence-corrected chi connectivity index (χ2v) is 9.90. The lowest BCUT2D eigenvalue weighted by Crippen LogP contribution is -2.52. The van der Waals surface area contributed by atoms with Crippen molar-refractivity contribution in [2.45, 2.75) is 32.4 Å². The predicted octanol–water partition coefficient (Wildman–Crippen LogP) is 1.23. The molecule has 1 aromatic carbocycles. The van der Waals surface area contributed by atoms with Crippen molar-refractivity contribution < 1.29 is 13.2 Å². The zero-order valence-electron chi connectivity index (χ0n) is 16.2. The summed E-state index contributed by atoms with van der Waals surface area (Å²) in [7, 11) is -2.93. The van der Waals surface area contributed by atoms with E-state index in [-0.39, 0.29) is 23.5 Å². The van der Waals surface area contributed by atoms with E-state index in [9.17, 15) is 13.2 Å². The molecule has 0 aromatic heterocycles. The van der Waals surface area contributed by atoms with Crippen LogP contribution < -0.4 is 0 Å². The fraction of sp³-hybridized carbons (Fsp3) is 0.650. The minimum atomic E-state index is -2.93. The number of hydrogen-bond donors (Lipinski definition) is 0. The number of benzene rings is 1. The van der Waals surface area contributed by atoms with Gasteiger partial charge in [-0.1, -0.05) is 37.3 Å². The largest absolute Gasteiger partial charge is 0.339 e. The molecule has 0 bridgehead atoms. The van der Waals surface area contributed by atoms with Crippen LogP contribution in [0.3, 0.4) is 0 Å². The highest BCUT2D eigenvalue weighted by molar-refractivity contribution is 7.91. The molecule has 0 radical (unpaired) electrons. The summed E-state index contributed by atoms with van der Waals surface area (Å²) < 4.78 is 23.6. The number of nitrogens with zero attached hydrogens (tertiary/aromatic N) is 3. The standard InChI is InChI=1S/C20H31N3O3S/c1-2-9-23(19-8-14-27(25,26)17-19)16-20(24)22-12-10-21(11-13-22)15-18-6-4-3-5-7-18/h3-7,19H,2,8-17H2,1H3. The average molecular weight is 394 g/mol. The first-order valence-corrected chi connectivity index (χ1v) is 11.8. The fourth-order valence-corrected chi connectivity index (χ4v) is 5.77. The molecule has 0 saturated carbocycles. The van der Waals surface area contributed by atoms with Crippen molar-refractivity contribution in [1.82, 2.24) is 14.7 Å². The molecule has 2 fully saturated rings. The van der Waals surface area contributed by atoms with Gasteiger partial charge in [-0.2, -0.15) is 0 Å². The highest BCUT2D eigenvalue weighted by atomic mass is 32.2. The lowest BCUT2D eigenvalue weighted by molar-refractivity contribution is -0.134. The van der Waals surface area contributed by atoms with Crippen molar-refractivity contribution in [2.75, 3.05) is 50.8 Å². The van der Waals surface area contributed by atoms with E-state index in [2.05, 4.69) is 41.0 Å². The number of rotatable bonds is 7. The molecule has 2 saturated heterocycles. The van der Waals surface area contributed by atoms with E-state index in [1.54, 1.807) is 0 Å². The molecule has 0 aliphatic carbocycles. The number of carbonyl (C=O) groups excluding carboxylic acids is 1. The summed E-state index contributed by atoms with van der Waals surface area (Å²) in [5.74, 6) is 0.585. The maximum Gasteiger partial charge on any atom is 0.236 e. The molecule has 2 aliphatic rings. The van der Waals surface area contributed by atoms with Gasteiger partial charge < -0.3 is 4.90 Å². The highest BCUT2D eigenvalue weighted by Gasteiger charge is 2.33. The van der Waals surface area contributed by atoms with Gasteiger partial charge in [-0.25, -0.2) is 8.42 Å². The molecule has 1 unspecified atom stereocenters. The van der Waals surface area contributed by atoms with Gasteiger partial charge >= 0.3 is 0 Å². The van der Waals surface area contributed by atoms with Crippen molar-refractivity contribution in [2.24, 2.45) is 0 Å². The third kappa shape index (κ3) is 5.77. The van der Waals surface area contributed by atoms with Crippen LogP contribution in [-0.4, -0.2) is 85.8 Å². The molecule has 0 spiro atoms. The van der Waals surface area contributed by atoms with Crippen LogP contribution in [0.25, 0.3) is 0 Å². The topological polar surface area (TPSA) is 60.9 Å². The van der Waals surface area contributed by atoms with E-state index in [1.165, 1.54) is 5.56 Å². The molecule has 27 heavy (non-hydrogen) atoms. The molecule has 150 valence electrons. The van der Waals surface area contributed by atoms with Crippen LogP contribution in [0.15, 0.2) is 30.3 Å². The smallest absolute Gasteiger partial charge is 0.236 e. The summed E-state index contributed by atoms with van der Waals surface area (Å²) in [5.41, 5.74) is 1.30. The minimum Gasteiger partial charge on any atom is -0.339 e. The number of amides is 1. The Kier molecular flexibility index (Phi) is 6.89. The summed E-state index contributed by atoms with van der Waals surface area (Å²) in [6.45, 7) is 7.36. The Morgan fingerprint density at radius 3 is 2.44 bits per heavy atom. The van der Waals surface area contributed by atoms with Crippen LogP contribution >= 0.6 is 0 Å². The summed E-state index contributed by atoms with van der Waals surface area (Å²) in [6.07, 6.45) is 1.58. The molecule has 3 rings (SSSR count). The number of carbonyl (C=O) groups is 1. The maximum atomic E-state index is 12.8. The van der Waals surface area contributed by atoms with Crippen molar-refractivity contribution in [3.63, 3.8) is 0 Å². The number of hydrogen-bond acceptors (Lipinski definition) is 5. The molecule has 1 amide bonds. The van der Waals surface area contributed by atoms with E-state index in [0.29, 0.717) is 13.0 Å². The molecule has 0 N–H and O–H groups in total. The summed E-state index contributed by atoms with van der Waals surface area (Å²) >= 11 is 0. The third-order valence-corrected chi connectivity index (χ3v) is 7.30. The Morgan fingerprint density at radius 1 is 1.15 bits per heavy atom. The monoisotopic (exact) mass is 393 g/mol. The molecular formula is C20H31N3O3S. The van der Waals surface area contributed by atoms with Gasteiger partial charge in [0.05, 0.1) is 18.1 Å². The lowest BCUT2D eigenvalue weighted by atomic mass is 10.2. The Bertz CT molecular complexity index is 715. The van der Waals surface area contributed by atoms with Gasteiger partial charge in [0.25, 0.3) is 0 Å². The Morgan fingerprint density at radius 2 is 1.85 bits per heavy atom. The zero-order valence-corrected chi connectivity index (χ0v) is 17.0. The third-order valence-electron chi connectivity index (χ3n) is 5.55. The maximum absolute atomic E-state index is 12.8. The van der Waals surface area contributed by atoms with Crippen LogP contribution in [0.4, 0.5) is 0 Å². The van der Waals surface area contributed by atoms with Crippen LogP contribution in [0.2, 0.25) is 0 Å². The van der Waals surface area contributed by atoms with Gasteiger partial charge in [0.1, 0.15) is 0 Å². The summed E-state index contributed by atoms with van der Waals surface area (Å²) in [5, 5.41) is 0. The molecule has 2 aliphatic heterocycles. The molecule has 7 heteroatoms. The Balaban J connectivity index is 1.49. The van der Waals surface area contributed by atoms with E-state index < -0.39 is 9.84 Å². The molecular weight excluding hydrogens is 362 g/mol. The zero-order chi connectivity index (χ0) is 19.3. The molecule has 1 aromatic rings. The normalized spacial score (nSPS) is 23.0. The van der Waals surface area contributed by atoms with E-state index in [0.717, 1.165) is 45.7 Å². The van der Waals surface area contributed by atoms with Crippen molar-refractivity contribution in [3.05, 3.63) is 35.9 Å². The molecule has 2 heterocycles. The lowest BCUT2D eigenvalue weighted by Gasteiger charge is -2.36. The summed E-state index contributed by atoms with van der Waals surface area (Å²) in [6, 6.07) is 10.4. The second-order valence-electron chi connectivity index (χ2n) is 7.67. The second kappa shape index (κ2) is 9.17. The highest BCUT2D eigenvalue weighted by Crippen LogP contribution is 2.18. The molecule has 6 nitrogen and oxygen atoms in total. The van der Waals surface area contributed by atoms with Crippen LogP contribution in [0.5, 0.6) is 0 Å². The van der Waals surface area contributed by atoms with E-state index in [1.807, 2.05) is 11.0 Å². The van der Waals surface area contributed by atoms with E-state index in [4.69, 9.17) is 0 Å². The van der Waals surface area contributed by atoms with Gasteiger partial charge in [-0.3, -0.25) is 14.6 Å². The summed E-state index contributed by atoms with van der Waals surface area (Å²) in [4.78, 5) is 19.2. The average Bonchev–Trinajstić information content (AvgIpc) is 3.02. The SMILES string of the molecule is CCCN(CC(=O)N1CCN(Cc2ccccc2)CC1)C1CCS(=O)(=O)C1. The van der Waals surface area contributed by atoms with Crippen LogP contribution in [-0.2, 0) is 21.2 Å². The Hall–Kier alpha value is -1.44. The Labute approximate surface area is 163 Å². The number of sulfone groups is 1. The van der Waals surface area contributed by atoms with E-state index >= 15 is 0 Å². The van der Waals surface area contributed by atoms with Crippen molar-refractivity contribution >= 4 is 15.7 Å². The van der Waals surface area contributed by atoms with Crippen LogP contribution in [0, 0.1) is 0 Å². The van der Waals surface area contributed by atoms with Gasteiger partial charge in [0.2, 0.25) is 5.91 Å². The van der Waals surface area contributed by atoms with Crippen molar-refractivity contribution in [1.29, 1.82) is 0 Å². The van der Waals surface area contributed by atoms with Gasteiger partial charge in [0, 0.05) is 38.8 Å². The first-order valence-electron chi connectivity index (χ1n) is 9.95. The van der Waals surface area contributed by atoms with Crippen LogP contribution in [0.1, 0.15) is 25.3 Å². The molecule has 1 atom stereocenters. The fourth-order valence-electron chi connectivity index (χ4n) is 4.01. The van der Waals surface area contributed by atoms with Crippen molar-refractivity contribution in [3.8, 4) is 0 Å². The minimum absolute atomic E-state index is 0.00160. The predicted molar refractivity (Wildman–Crippen MR) is 107 cm³/mol.